The highest BCUT2D eigenvalue weighted by molar-refractivity contribution is 7.90. The van der Waals surface area contributed by atoms with Crippen LogP contribution in [0.2, 0.25) is 0 Å². The van der Waals surface area contributed by atoms with E-state index in [1.165, 1.54) is 6.26 Å². The SMILES string of the molecule is CC(c1ccnn1[C@H]1C[C@H](NC(=O)c2cc(-c3ccccc3)no2)C1)S(C)(=O)=O. The van der Waals surface area contributed by atoms with Crippen molar-refractivity contribution in [1.82, 2.24) is 20.3 Å². The minimum Gasteiger partial charge on any atom is -0.350 e. The average Bonchev–Trinajstić information content (AvgIpc) is 3.33. The van der Waals surface area contributed by atoms with Crippen molar-refractivity contribution in [3.63, 3.8) is 0 Å². The first-order chi connectivity index (χ1) is 13.8. The quantitative estimate of drug-likeness (QED) is 0.665. The highest BCUT2D eigenvalue weighted by atomic mass is 32.2. The van der Waals surface area contributed by atoms with Gasteiger partial charge in [-0.25, -0.2) is 8.42 Å². The number of carbonyl (C=O) groups excluding carboxylic acids is 1. The summed E-state index contributed by atoms with van der Waals surface area (Å²) in [7, 11) is -3.21. The van der Waals surface area contributed by atoms with Gasteiger partial charge < -0.3 is 9.84 Å². The fourth-order valence-electron chi connectivity index (χ4n) is 3.46. The van der Waals surface area contributed by atoms with E-state index < -0.39 is 15.1 Å². The summed E-state index contributed by atoms with van der Waals surface area (Å²) >= 11 is 0. The maximum Gasteiger partial charge on any atom is 0.290 e. The molecule has 4 rings (SSSR count). The van der Waals surface area contributed by atoms with E-state index in [9.17, 15) is 13.2 Å². The van der Waals surface area contributed by atoms with E-state index in [-0.39, 0.29) is 23.8 Å². The number of nitrogens with zero attached hydrogens (tertiary/aromatic N) is 3. The fourth-order valence-corrected chi connectivity index (χ4v) is 4.09. The lowest BCUT2D eigenvalue weighted by atomic mass is 9.86. The number of amides is 1. The zero-order valence-corrected chi connectivity index (χ0v) is 17.0. The van der Waals surface area contributed by atoms with Gasteiger partial charge in [0.05, 0.1) is 17.0 Å². The first-order valence-electron chi connectivity index (χ1n) is 9.38. The Morgan fingerprint density at radius 3 is 2.66 bits per heavy atom. The van der Waals surface area contributed by atoms with Gasteiger partial charge in [0.15, 0.2) is 9.84 Å². The van der Waals surface area contributed by atoms with Gasteiger partial charge in [0.2, 0.25) is 5.76 Å². The summed E-state index contributed by atoms with van der Waals surface area (Å²) in [6.45, 7) is 1.66. The average molecular weight is 414 g/mol. The zero-order chi connectivity index (χ0) is 20.6. The smallest absolute Gasteiger partial charge is 0.290 e. The number of nitrogens with one attached hydrogen (secondary N) is 1. The van der Waals surface area contributed by atoms with E-state index in [0.717, 1.165) is 5.56 Å². The van der Waals surface area contributed by atoms with Gasteiger partial charge in [0, 0.05) is 30.1 Å². The van der Waals surface area contributed by atoms with Crippen molar-refractivity contribution >= 4 is 15.7 Å². The molecule has 1 N–H and O–H groups in total. The molecule has 3 aromatic rings. The lowest BCUT2D eigenvalue weighted by Crippen LogP contribution is -2.45. The second kappa shape index (κ2) is 7.47. The number of rotatable bonds is 6. The third-order valence-electron chi connectivity index (χ3n) is 5.36. The molecular weight excluding hydrogens is 392 g/mol. The molecule has 0 radical (unpaired) electrons. The van der Waals surface area contributed by atoms with Crippen LogP contribution >= 0.6 is 0 Å². The Kier molecular flexibility index (Phi) is 4.99. The number of benzene rings is 1. The lowest BCUT2D eigenvalue weighted by molar-refractivity contribution is 0.0850. The molecule has 1 unspecified atom stereocenters. The Bertz CT molecular complexity index is 1110. The predicted octanol–water partition coefficient (Wildman–Crippen LogP) is 2.78. The Labute approximate surface area is 168 Å². The monoisotopic (exact) mass is 414 g/mol. The van der Waals surface area contributed by atoms with Crippen molar-refractivity contribution in [2.75, 3.05) is 6.26 Å². The zero-order valence-electron chi connectivity index (χ0n) is 16.1. The first-order valence-corrected chi connectivity index (χ1v) is 11.3. The summed E-state index contributed by atoms with van der Waals surface area (Å²) in [6.07, 6.45) is 4.19. The van der Waals surface area contributed by atoms with Crippen LogP contribution in [0.25, 0.3) is 11.3 Å². The van der Waals surface area contributed by atoms with E-state index >= 15 is 0 Å². The van der Waals surface area contributed by atoms with Crippen molar-refractivity contribution in [2.45, 2.75) is 37.1 Å². The van der Waals surface area contributed by atoms with Gasteiger partial charge in [-0.3, -0.25) is 9.48 Å². The number of hydrogen-bond acceptors (Lipinski definition) is 6. The van der Waals surface area contributed by atoms with Crippen molar-refractivity contribution in [3.8, 4) is 11.3 Å². The van der Waals surface area contributed by atoms with Crippen molar-refractivity contribution in [2.24, 2.45) is 0 Å². The van der Waals surface area contributed by atoms with Crippen molar-refractivity contribution in [3.05, 3.63) is 60.1 Å². The van der Waals surface area contributed by atoms with Crippen LogP contribution in [-0.4, -0.2) is 41.6 Å². The summed E-state index contributed by atoms with van der Waals surface area (Å²) in [5, 5.41) is 10.6. The molecule has 1 atom stereocenters. The fraction of sp³-hybridized carbons (Fsp3) is 0.350. The number of hydrogen-bond donors (Lipinski definition) is 1. The third kappa shape index (κ3) is 3.95. The highest BCUT2D eigenvalue weighted by Gasteiger charge is 2.35. The Balaban J connectivity index is 1.37. The molecule has 1 aromatic carbocycles. The van der Waals surface area contributed by atoms with Gasteiger partial charge >= 0.3 is 0 Å². The van der Waals surface area contributed by atoms with E-state index in [1.807, 2.05) is 30.3 Å². The van der Waals surface area contributed by atoms with Crippen LogP contribution in [0, 0.1) is 0 Å². The lowest BCUT2D eigenvalue weighted by Gasteiger charge is -2.37. The van der Waals surface area contributed by atoms with Crippen LogP contribution < -0.4 is 5.32 Å². The maximum absolute atomic E-state index is 12.4. The van der Waals surface area contributed by atoms with Gasteiger partial charge in [0.1, 0.15) is 5.69 Å². The Hall–Kier alpha value is -2.94. The van der Waals surface area contributed by atoms with Crippen LogP contribution in [0.5, 0.6) is 0 Å². The molecule has 152 valence electrons. The molecule has 0 aliphatic heterocycles. The van der Waals surface area contributed by atoms with Crippen molar-refractivity contribution < 1.29 is 17.7 Å². The summed E-state index contributed by atoms with van der Waals surface area (Å²) in [6, 6.07) is 12.9. The van der Waals surface area contributed by atoms with Crippen LogP contribution in [-0.2, 0) is 9.84 Å². The summed E-state index contributed by atoms with van der Waals surface area (Å²) in [5.41, 5.74) is 2.16. The number of aromatic nitrogens is 3. The molecule has 29 heavy (non-hydrogen) atoms. The van der Waals surface area contributed by atoms with Gasteiger partial charge in [-0.2, -0.15) is 5.10 Å². The van der Waals surface area contributed by atoms with E-state index in [1.54, 1.807) is 29.9 Å². The van der Waals surface area contributed by atoms with Crippen LogP contribution in [0.15, 0.2) is 53.2 Å². The molecule has 1 saturated carbocycles. The third-order valence-corrected chi connectivity index (χ3v) is 6.88. The molecule has 2 heterocycles. The first kappa shape index (κ1) is 19.4. The van der Waals surface area contributed by atoms with Crippen LogP contribution in [0.1, 0.15) is 47.3 Å². The second-order valence-corrected chi connectivity index (χ2v) is 9.78. The van der Waals surface area contributed by atoms with Crippen LogP contribution in [0.3, 0.4) is 0 Å². The van der Waals surface area contributed by atoms with E-state index in [4.69, 9.17) is 4.52 Å². The minimum atomic E-state index is -3.21. The Morgan fingerprint density at radius 1 is 1.24 bits per heavy atom. The molecule has 0 bridgehead atoms. The second-order valence-electron chi connectivity index (χ2n) is 7.41. The predicted molar refractivity (Wildman–Crippen MR) is 107 cm³/mol. The van der Waals surface area contributed by atoms with Gasteiger partial charge in [-0.05, 0) is 25.8 Å². The highest BCUT2D eigenvalue weighted by Crippen LogP contribution is 2.35. The normalized spacial score (nSPS) is 20.1. The number of sulfone groups is 1. The van der Waals surface area contributed by atoms with Crippen molar-refractivity contribution in [1.29, 1.82) is 0 Å². The van der Waals surface area contributed by atoms with Gasteiger partial charge in [0.25, 0.3) is 5.91 Å². The molecule has 1 aliphatic carbocycles. The van der Waals surface area contributed by atoms with Crippen LogP contribution in [0.4, 0.5) is 0 Å². The Morgan fingerprint density at radius 2 is 1.97 bits per heavy atom. The maximum atomic E-state index is 12.4. The topological polar surface area (TPSA) is 107 Å². The summed E-state index contributed by atoms with van der Waals surface area (Å²) in [5.74, 6) is -0.147. The molecule has 9 heteroatoms. The molecule has 8 nitrogen and oxygen atoms in total. The molecule has 0 saturated heterocycles. The summed E-state index contributed by atoms with van der Waals surface area (Å²) < 4.78 is 30.7. The van der Waals surface area contributed by atoms with E-state index in [0.29, 0.717) is 24.2 Å². The van der Waals surface area contributed by atoms with Gasteiger partial charge in [-0.1, -0.05) is 35.5 Å². The molecule has 1 amide bonds. The van der Waals surface area contributed by atoms with E-state index in [2.05, 4.69) is 15.6 Å². The molecule has 1 fully saturated rings. The largest absolute Gasteiger partial charge is 0.350 e. The molecule has 2 aromatic heterocycles. The van der Waals surface area contributed by atoms with Gasteiger partial charge in [-0.15, -0.1) is 0 Å². The molecule has 1 aliphatic rings. The molecular formula is C20H22N4O4S. The standard InChI is InChI=1S/C20H22N4O4S/c1-13(29(2,26)27)18-8-9-21-24(18)16-10-15(11-16)22-20(25)19-12-17(23-28-19)14-6-4-3-5-7-14/h3-9,12-13,15-16H,10-11H2,1-2H3,(H,22,25)/t13?,15-,16-. The number of carbonyl (C=O) groups is 1. The summed E-state index contributed by atoms with van der Waals surface area (Å²) in [4.78, 5) is 12.4. The minimum absolute atomic E-state index is 0.0247. The molecule has 0 spiro atoms.